The highest BCUT2D eigenvalue weighted by molar-refractivity contribution is 5.99. The van der Waals surface area contributed by atoms with Crippen LogP contribution >= 0.6 is 0 Å². The molecule has 1 aliphatic carbocycles. The predicted octanol–water partition coefficient (Wildman–Crippen LogP) is 6.03. The number of nitrogens with zero attached hydrogens (tertiary/aromatic N) is 2. The van der Waals surface area contributed by atoms with Crippen LogP contribution in [0.3, 0.4) is 0 Å². The molecule has 1 aliphatic heterocycles. The largest absolute Gasteiger partial charge is 0.456 e. The van der Waals surface area contributed by atoms with Crippen LogP contribution in [0.25, 0.3) is 0 Å². The molecule has 6 nitrogen and oxygen atoms in total. The zero-order chi connectivity index (χ0) is 26.3. The molecule has 2 heterocycles. The average Bonchev–Trinajstić information content (AvgIpc) is 3.18. The zero-order valence-electron chi connectivity index (χ0n) is 22.3. The molecule has 0 saturated heterocycles. The van der Waals surface area contributed by atoms with Crippen LogP contribution < -0.4 is 5.32 Å². The minimum atomic E-state index is -0.577. The van der Waals surface area contributed by atoms with E-state index in [2.05, 4.69) is 29.4 Å². The summed E-state index contributed by atoms with van der Waals surface area (Å²) in [6.45, 7) is 10.3. The monoisotopic (exact) mass is 497 g/mol. The van der Waals surface area contributed by atoms with Crippen molar-refractivity contribution in [3.63, 3.8) is 0 Å². The highest BCUT2D eigenvalue weighted by Crippen LogP contribution is 2.36. The number of hydrogen-bond donors (Lipinski definition) is 1. The van der Waals surface area contributed by atoms with Crippen molar-refractivity contribution in [2.75, 3.05) is 5.32 Å². The molecule has 2 unspecified atom stereocenters. The van der Waals surface area contributed by atoms with Gasteiger partial charge in [-0.2, -0.15) is 0 Å². The molecule has 0 bridgehead atoms. The number of para-hydroxylation sites is 1. The SMILES string of the molecule is Cc1cc2c(c(C(C)Nc3ccccc3C(=O)OC(C)(C)C)c1)CN(C1CCc3cccnc3C1)C2=O. The number of aromatic nitrogens is 1. The summed E-state index contributed by atoms with van der Waals surface area (Å²) in [7, 11) is 0. The summed E-state index contributed by atoms with van der Waals surface area (Å²) in [5, 5.41) is 3.53. The number of rotatable bonds is 5. The predicted molar refractivity (Wildman–Crippen MR) is 145 cm³/mol. The van der Waals surface area contributed by atoms with Gasteiger partial charge < -0.3 is 15.0 Å². The lowest BCUT2D eigenvalue weighted by Crippen LogP contribution is -2.39. The maximum atomic E-state index is 13.6. The smallest absolute Gasteiger partial charge is 0.340 e. The Hall–Kier alpha value is -3.67. The fourth-order valence-electron chi connectivity index (χ4n) is 5.52. The third-order valence-electron chi connectivity index (χ3n) is 7.23. The van der Waals surface area contributed by atoms with Gasteiger partial charge in [-0.3, -0.25) is 9.78 Å². The van der Waals surface area contributed by atoms with Gasteiger partial charge >= 0.3 is 5.97 Å². The molecule has 6 heteroatoms. The van der Waals surface area contributed by atoms with Crippen LogP contribution in [-0.2, 0) is 24.1 Å². The normalized spacial score (nSPS) is 17.7. The number of aryl methyl sites for hydroxylation is 2. The topological polar surface area (TPSA) is 71.5 Å². The summed E-state index contributed by atoms with van der Waals surface area (Å²) < 4.78 is 5.63. The van der Waals surface area contributed by atoms with Crippen LogP contribution in [0.1, 0.15) is 88.8 Å². The van der Waals surface area contributed by atoms with Crippen molar-refractivity contribution in [3.8, 4) is 0 Å². The molecule has 3 aromatic rings. The first-order valence-electron chi connectivity index (χ1n) is 13.1. The highest BCUT2D eigenvalue weighted by Gasteiger charge is 2.37. The number of amides is 1. The van der Waals surface area contributed by atoms with Gasteiger partial charge in [0.15, 0.2) is 0 Å². The Morgan fingerprint density at radius 1 is 1.16 bits per heavy atom. The molecule has 2 atom stereocenters. The number of carbonyl (C=O) groups excluding carboxylic acids is 2. The van der Waals surface area contributed by atoms with E-state index < -0.39 is 5.60 Å². The zero-order valence-corrected chi connectivity index (χ0v) is 22.3. The van der Waals surface area contributed by atoms with E-state index in [4.69, 9.17) is 4.74 Å². The number of anilines is 1. The summed E-state index contributed by atoms with van der Waals surface area (Å²) in [6, 6.07) is 15.8. The van der Waals surface area contributed by atoms with Gasteiger partial charge in [0.2, 0.25) is 0 Å². The molecule has 0 fully saturated rings. The third kappa shape index (κ3) is 5.10. The second-order valence-electron chi connectivity index (χ2n) is 11.2. The molecule has 0 radical (unpaired) electrons. The highest BCUT2D eigenvalue weighted by atomic mass is 16.6. The Balaban J connectivity index is 1.40. The van der Waals surface area contributed by atoms with Gasteiger partial charge in [-0.05, 0) is 94.0 Å². The molecule has 0 spiro atoms. The molecule has 5 rings (SSSR count). The van der Waals surface area contributed by atoms with E-state index in [-0.39, 0.29) is 24.0 Å². The number of hydrogen-bond acceptors (Lipinski definition) is 5. The minimum Gasteiger partial charge on any atom is -0.456 e. The van der Waals surface area contributed by atoms with E-state index in [0.29, 0.717) is 12.1 Å². The molecule has 1 aromatic heterocycles. The molecule has 0 saturated carbocycles. The summed E-state index contributed by atoms with van der Waals surface area (Å²) in [4.78, 5) is 33.1. The van der Waals surface area contributed by atoms with Crippen molar-refractivity contribution in [2.24, 2.45) is 0 Å². The van der Waals surface area contributed by atoms with Gasteiger partial charge in [0.1, 0.15) is 5.60 Å². The van der Waals surface area contributed by atoms with E-state index in [0.717, 1.165) is 52.9 Å². The minimum absolute atomic E-state index is 0.102. The second kappa shape index (κ2) is 9.66. The number of pyridine rings is 1. The van der Waals surface area contributed by atoms with E-state index in [1.807, 2.05) is 69.1 Å². The molecule has 192 valence electrons. The molecule has 1 amide bonds. The Kier molecular flexibility index (Phi) is 6.52. The number of carbonyl (C=O) groups is 2. The van der Waals surface area contributed by atoms with Crippen molar-refractivity contribution in [1.82, 2.24) is 9.88 Å². The van der Waals surface area contributed by atoms with Crippen LogP contribution in [0.2, 0.25) is 0 Å². The molecule has 2 aromatic carbocycles. The van der Waals surface area contributed by atoms with Gasteiger partial charge in [0.25, 0.3) is 5.91 Å². The molecule has 2 aliphatic rings. The molecular formula is C31H35N3O3. The fourth-order valence-corrected chi connectivity index (χ4v) is 5.52. The van der Waals surface area contributed by atoms with Crippen molar-refractivity contribution in [2.45, 2.75) is 78.1 Å². The van der Waals surface area contributed by atoms with Crippen LogP contribution in [-0.4, -0.2) is 33.4 Å². The number of ether oxygens (including phenoxy) is 1. The van der Waals surface area contributed by atoms with Crippen molar-refractivity contribution in [1.29, 1.82) is 0 Å². The third-order valence-corrected chi connectivity index (χ3v) is 7.23. The van der Waals surface area contributed by atoms with E-state index >= 15 is 0 Å². The summed E-state index contributed by atoms with van der Waals surface area (Å²) in [6.07, 6.45) is 4.52. The van der Waals surface area contributed by atoms with Crippen LogP contribution in [0, 0.1) is 6.92 Å². The summed E-state index contributed by atoms with van der Waals surface area (Å²) in [5.74, 6) is -0.254. The molecule has 37 heavy (non-hydrogen) atoms. The second-order valence-corrected chi connectivity index (χ2v) is 11.2. The van der Waals surface area contributed by atoms with Crippen molar-refractivity contribution in [3.05, 3.63) is 93.8 Å². The van der Waals surface area contributed by atoms with Gasteiger partial charge in [0.05, 0.1) is 5.56 Å². The lowest BCUT2D eigenvalue weighted by atomic mass is 9.91. The summed E-state index contributed by atoms with van der Waals surface area (Å²) in [5.41, 5.74) is 7.02. The Bertz CT molecular complexity index is 1360. The van der Waals surface area contributed by atoms with Crippen LogP contribution in [0.15, 0.2) is 54.7 Å². The van der Waals surface area contributed by atoms with E-state index in [1.54, 1.807) is 6.07 Å². The number of esters is 1. The number of fused-ring (bicyclic) bond motifs is 2. The van der Waals surface area contributed by atoms with Crippen molar-refractivity contribution < 1.29 is 14.3 Å². The maximum absolute atomic E-state index is 13.6. The van der Waals surface area contributed by atoms with Crippen LogP contribution in [0.4, 0.5) is 5.69 Å². The van der Waals surface area contributed by atoms with E-state index in [1.165, 1.54) is 5.56 Å². The summed E-state index contributed by atoms with van der Waals surface area (Å²) >= 11 is 0. The first-order valence-corrected chi connectivity index (χ1v) is 13.1. The lowest BCUT2D eigenvalue weighted by Gasteiger charge is -2.31. The first-order chi connectivity index (χ1) is 17.6. The maximum Gasteiger partial charge on any atom is 0.340 e. The average molecular weight is 498 g/mol. The number of benzene rings is 2. The quantitative estimate of drug-likeness (QED) is 0.436. The standard InChI is InChI=1S/C31H35N3O3/c1-19-15-24(20(2)33-27-11-7-6-10-23(27)30(36)37-31(3,4)5)26-18-34(29(35)25(26)16-19)22-13-12-21-9-8-14-32-28(21)17-22/h6-11,14-16,20,22,33H,12-13,17-18H2,1-5H3. The Labute approximate surface area is 219 Å². The van der Waals surface area contributed by atoms with Crippen molar-refractivity contribution >= 4 is 17.6 Å². The Morgan fingerprint density at radius 2 is 1.95 bits per heavy atom. The van der Waals surface area contributed by atoms with Gasteiger partial charge in [0, 0.05) is 48.2 Å². The molecule has 1 N–H and O–H groups in total. The first kappa shape index (κ1) is 25.0. The van der Waals surface area contributed by atoms with E-state index in [9.17, 15) is 9.59 Å². The van der Waals surface area contributed by atoms with Crippen LogP contribution in [0.5, 0.6) is 0 Å². The fraction of sp³-hybridized carbons (Fsp3) is 0.387. The van der Waals surface area contributed by atoms with Gasteiger partial charge in [-0.15, -0.1) is 0 Å². The molecular weight excluding hydrogens is 462 g/mol. The number of nitrogens with one attached hydrogen (secondary N) is 1. The van der Waals surface area contributed by atoms with Gasteiger partial charge in [-0.25, -0.2) is 4.79 Å². The Morgan fingerprint density at radius 3 is 2.73 bits per heavy atom. The lowest BCUT2D eigenvalue weighted by molar-refractivity contribution is 0.00704. The van der Waals surface area contributed by atoms with Gasteiger partial charge in [-0.1, -0.05) is 24.3 Å².